The summed E-state index contributed by atoms with van der Waals surface area (Å²) < 4.78 is 50.2. The van der Waals surface area contributed by atoms with Gasteiger partial charge in [0, 0.05) is 11.1 Å². The highest BCUT2D eigenvalue weighted by Crippen LogP contribution is 2.29. The Morgan fingerprint density at radius 2 is 1.30 bits per heavy atom. The standard InChI is InChI=1S/C14H9F4NO/c15-12-7-3-10(4-8-12)13(19-20)9-1-5-11(6-2-9)14(16,17)18/h1-8,20H/b19-13+. The van der Waals surface area contributed by atoms with E-state index in [1.165, 1.54) is 36.4 Å². The Hall–Kier alpha value is -2.37. The zero-order valence-corrected chi connectivity index (χ0v) is 10.0. The summed E-state index contributed by atoms with van der Waals surface area (Å²) in [4.78, 5) is 0. The van der Waals surface area contributed by atoms with Gasteiger partial charge in [0.15, 0.2) is 0 Å². The van der Waals surface area contributed by atoms with E-state index in [4.69, 9.17) is 5.21 Å². The predicted molar refractivity (Wildman–Crippen MR) is 65.3 cm³/mol. The Morgan fingerprint density at radius 3 is 1.70 bits per heavy atom. The van der Waals surface area contributed by atoms with E-state index in [-0.39, 0.29) is 5.71 Å². The zero-order valence-electron chi connectivity index (χ0n) is 10.0. The summed E-state index contributed by atoms with van der Waals surface area (Å²) in [7, 11) is 0. The lowest BCUT2D eigenvalue weighted by atomic mass is 10.0. The summed E-state index contributed by atoms with van der Waals surface area (Å²) in [6.45, 7) is 0. The zero-order chi connectivity index (χ0) is 14.8. The molecule has 2 aromatic carbocycles. The first-order valence-corrected chi connectivity index (χ1v) is 5.57. The van der Waals surface area contributed by atoms with Crippen molar-refractivity contribution in [1.29, 1.82) is 0 Å². The molecule has 0 atom stereocenters. The van der Waals surface area contributed by atoms with Crippen LogP contribution in [0.4, 0.5) is 17.6 Å². The lowest BCUT2D eigenvalue weighted by molar-refractivity contribution is -0.137. The highest BCUT2D eigenvalue weighted by Gasteiger charge is 2.30. The molecule has 0 aliphatic heterocycles. The lowest BCUT2D eigenvalue weighted by Gasteiger charge is -2.09. The van der Waals surface area contributed by atoms with Crippen molar-refractivity contribution in [1.82, 2.24) is 0 Å². The van der Waals surface area contributed by atoms with Crippen LogP contribution < -0.4 is 0 Å². The molecule has 2 nitrogen and oxygen atoms in total. The summed E-state index contributed by atoms with van der Waals surface area (Å²) in [5.41, 5.74) is -0.0304. The average molecular weight is 283 g/mol. The van der Waals surface area contributed by atoms with Crippen LogP contribution in [0.2, 0.25) is 0 Å². The van der Waals surface area contributed by atoms with E-state index < -0.39 is 17.6 Å². The molecule has 0 aromatic heterocycles. The molecule has 0 bridgehead atoms. The van der Waals surface area contributed by atoms with Crippen molar-refractivity contribution in [3.63, 3.8) is 0 Å². The van der Waals surface area contributed by atoms with Gasteiger partial charge in [0.25, 0.3) is 0 Å². The molecule has 0 aliphatic rings. The molecule has 2 aromatic rings. The number of rotatable bonds is 2. The van der Waals surface area contributed by atoms with Gasteiger partial charge in [-0.05, 0) is 36.4 Å². The Bertz CT molecular complexity index is 615. The smallest absolute Gasteiger partial charge is 0.410 e. The molecule has 0 unspecified atom stereocenters. The van der Waals surface area contributed by atoms with Gasteiger partial charge in [-0.15, -0.1) is 0 Å². The number of oxime groups is 1. The van der Waals surface area contributed by atoms with Gasteiger partial charge in [-0.2, -0.15) is 13.2 Å². The van der Waals surface area contributed by atoms with Crippen molar-refractivity contribution < 1.29 is 22.8 Å². The fourth-order valence-corrected chi connectivity index (χ4v) is 1.71. The minimum atomic E-state index is -4.43. The molecule has 0 saturated heterocycles. The van der Waals surface area contributed by atoms with Crippen LogP contribution in [0.3, 0.4) is 0 Å². The molecule has 20 heavy (non-hydrogen) atoms. The molecular weight excluding hydrogens is 274 g/mol. The van der Waals surface area contributed by atoms with Crippen LogP contribution in [0, 0.1) is 5.82 Å². The number of halogens is 4. The topological polar surface area (TPSA) is 32.6 Å². The summed E-state index contributed by atoms with van der Waals surface area (Å²) in [6, 6.07) is 9.27. The van der Waals surface area contributed by atoms with Crippen molar-refractivity contribution in [2.45, 2.75) is 6.18 Å². The molecule has 1 N–H and O–H groups in total. The van der Waals surface area contributed by atoms with E-state index in [2.05, 4.69) is 5.16 Å². The van der Waals surface area contributed by atoms with Gasteiger partial charge in [0.05, 0.1) is 5.56 Å². The quantitative estimate of drug-likeness (QED) is 0.383. The van der Waals surface area contributed by atoms with Crippen LogP contribution in [0.25, 0.3) is 0 Å². The fourth-order valence-electron chi connectivity index (χ4n) is 1.71. The van der Waals surface area contributed by atoms with Crippen LogP contribution in [0.1, 0.15) is 16.7 Å². The second kappa shape index (κ2) is 5.32. The van der Waals surface area contributed by atoms with E-state index in [9.17, 15) is 17.6 Å². The molecule has 0 spiro atoms. The number of nitrogens with zero attached hydrogens (tertiary/aromatic N) is 1. The monoisotopic (exact) mass is 283 g/mol. The highest BCUT2D eigenvalue weighted by atomic mass is 19.4. The van der Waals surface area contributed by atoms with Crippen molar-refractivity contribution in [2.75, 3.05) is 0 Å². The molecule has 104 valence electrons. The molecule has 6 heteroatoms. The summed E-state index contributed by atoms with van der Waals surface area (Å²) in [5, 5.41) is 12.1. The summed E-state index contributed by atoms with van der Waals surface area (Å²) in [6.07, 6.45) is -4.43. The van der Waals surface area contributed by atoms with Crippen LogP contribution in [-0.2, 0) is 6.18 Å². The van der Waals surface area contributed by atoms with E-state index in [0.717, 1.165) is 12.1 Å². The summed E-state index contributed by atoms with van der Waals surface area (Å²) >= 11 is 0. The number of alkyl halides is 3. The highest BCUT2D eigenvalue weighted by molar-refractivity contribution is 6.12. The van der Waals surface area contributed by atoms with Crippen molar-refractivity contribution in [3.8, 4) is 0 Å². The average Bonchev–Trinajstić information content (AvgIpc) is 2.41. The molecule has 0 aliphatic carbocycles. The van der Waals surface area contributed by atoms with E-state index in [0.29, 0.717) is 11.1 Å². The third-order valence-electron chi connectivity index (χ3n) is 2.70. The maximum Gasteiger partial charge on any atom is 0.416 e. The lowest BCUT2D eigenvalue weighted by Crippen LogP contribution is -2.07. The number of hydrogen-bond acceptors (Lipinski definition) is 2. The second-order valence-electron chi connectivity index (χ2n) is 4.03. The van der Waals surface area contributed by atoms with Crippen molar-refractivity contribution in [2.24, 2.45) is 5.16 Å². The molecule has 0 heterocycles. The molecule has 0 fully saturated rings. The first-order valence-electron chi connectivity index (χ1n) is 5.57. The van der Waals surface area contributed by atoms with Gasteiger partial charge < -0.3 is 5.21 Å². The maximum absolute atomic E-state index is 12.8. The van der Waals surface area contributed by atoms with Gasteiger partial charge in [-0.1, -0.05) is 17.3 Å². The van der Waals surface area contributed by atoms with Crippen LogP contribution in [0.5, 0.6) is 0 Å². The molecule has 2 rings (SSSR count). The summed E-state index contributed by atoms with van der Waals surface area (Å²) in [5.74, 6) is -0.460. The Kier molecular flexibility index (Phi) is 3.74. The van der Waals surface area contributed by atoms with Crippen molar-refractivity contribution >= 4 is 5.71 Å². The predicted octanol–water partition coefficient (Wildman–Crippen LogP) is 4.07. The molecule has 0 radical (unpaired) electrons. The van der Waals surface area contributed by atoms with Gasteiger partial charge in [0.1, 0.15) is 11.5 Å². The largest absolute Gasteiger partial charge is 0.416 e. The maximum atomic E-state index is 12.8. The van der Waals surface area contributed by atoms with Gasteiger partial charge in [-0.3, -0.25) is 0 Å². The Morgan fingerprint density at radius 1 is 0.850 bits per heavy atom. The first kappa shape index (κ1) is 14.0. The molecule has 0 saturated carbocycles. The molecule has 0 amide bonds. The van der Waals surface area contributed by atoms with E-state index in [1.807, 2.05) is 0 Å². The second-order valence-corrected chi connectivity index (χ2v) is 4.03. The minimum Gasteiger partial charge on any atom is -0.410 e. The van der Waals surface area contributed by atoms with Gasteiger partial charge >= 0.3 is 6.18 Å². The van der Waals surface area contributed by atoms with E-state index in [1.54, 1.807) is 0 Å². The third-order valence-corrected chi connectivity index (χ3v) is 2.70. The van der Waals surface area contributed by atoms with E-state index >= 15 is 0 Å². The number of benzene rings is 2. The Balaban J connectivity index is 2.36. The number of hydrogen-bond donors (Lipinski definition) is 1. The SMILES string of the molecule is O/N=C(/c1ccc(F)cc1)c1ccc(C(F)(F)F)cc1. The third kappa shape index (κ3) is 2.96. The van der Waals surface area contributed by atoms with Crippen LogP contribution in [-0.4, -0.2) is 10.9 Å². The van der Waals surface area contributed by atoms with Gasteiger partial charge in [0.2, 0.25) is 0 Å². The normalized spacial score (nSPS) is 12.5. The molecular formula is C14H9F4NO. The minimum absolute atomic E-state index is 0.0683. The first-order chi connectivity index (χ1) is 9.41. The van der Waals surface area contributed by atoms with Gasteiger partial charge in [-0.25, -0.2) is 4.39 Å². The van der Waals surface area contributed by atoms with Crippen LogP contribution in [0.15, 0.2) is 53.7 Å². The Labute approximate surface area is 112 Å². The van der Waals surface area contributed by atoms with Crippen molar-refractivity contribution in [3.05, 3.63) is 71.0 Å². The fraction of sp³-hybridized carbons (Fsp3) is 0.0714. The van der Waals surface area contributed by atoms with Crippen LogP contribution >= 0.6 is 0 Å².